The van der Waals surface area contributed by atoms with Crippen LogP contribution in [0.3, 0.4) is 0 Å². The number of hydrogen-bond donors (Lipinski definition) is 1. The Hall–Kier alpha value is -1.09. The number of hydrogen-bond acceptors (Lipinski definition) is 2. The molecule has 0 aromatic heterocycles. The molecule has 1 aromatic rings. The zero-order valence-electron chi connectivity index (χ0n) is 13.0. The van der Waals surface area contributed by atoms with Crippen molar-refractivity contribution in [1.29, 1.82) is 0 Å². The summed E-state index contributed by atoms with van der Waals surface area (Å²) in [5.41, 5.74) is 2.28. The Morgan fingerprint density at radius 3 is 2.60 bits per heavy atom. The Kier molecular flexibility index (Phi) is 5.03. The third-order valence-electron chi connectivity index (χ3n) is 4.25. The molecular formula is C17H27FN2. The van der Waals surface area contributed by atoms with Gasteiger partial charge in [-0.2, -0.15) is 0 Å². The smallest absolute Gasteiger partial charge is 0.146 e. The third-order valence-corrected chi connectivity index (χ3v) is 4.25. The third kappa shape index (κ3) is 3.72. The van der Waals surface area contributed by atoms with Gasteiger partial charge < -0.3 is 10.2 Å². The minimum Gasteiger partial charge on any atom is -0.369 e. The number of rotatable bonds is 5. The Balaban J connectivity index is 2.13. The monoisotopic (exact) mass is 278 g/mol. The molecule has 0 spiro atoms. The van der Waals surface area contributed by atoms with Gasteiger partial charge in [-0.05, 0) is 42.9 Å². The average molecular weight is 278 g/mol. The molecular weight excluding hydrogens is 251 g/mol. The van der Waals surface area contributed by atoms with Crippen LogP contribution >= 0.6 is 0 Å². The maximum Gasteiger partial charge on any atom is 0.146 e. The maximum absolute atomic E-state index is 14.3. The van der Waals surface area contributed by atoms with E-state index in [1.54, 1.807) is 6.07 Å². The summed E-state index contributed by atoms with van der Waals surface area (Å²) in [5, 5.41) is 3.38. The van der Waals surface area contributed by atoms with E-state index in [0.29, 0.717) is 5.41 Å². The van der Waals surface area contributed by atoms with Crippen molar-refractivity contribution in [1.82, 2.24) is 5.32 Å². The summed E-state index contributed by atoms with van der Waals surface area (Å²) < 4.78 is 14.3. The molecule has 1 N–H and O–H groups in total. The highest BCUT2D eigenvalue weighted by atomic mass is 19.1. The number of nitrogens with one attached hydrogen (secondary N) is 1. The first kappa shape index (κ1) is 15.3. The van der Waals surface area contributed by atoms with Crippen LogP contribution < -0.4 is 10.2 Å². The van der Waals surface area contributed by atoms with Crippen LogP contribution in [0.4, 0.5) is 10.1 Å². The molecule has 0 saturated carbocycles. The van der Waals surface area contributed by atoms with Gasteiger partial charge in [0.15, 0.2) is 0 Å². The molecule has 112 valence electrons. The standard InChI is InChI=1S/C17H27FN2/c1-4-10-19-13-14-6-5-7-15(18)16(14)20-11-8-17(2,3)9-12-20/h5-7,19H,4,8-13H2,1-3H3. The molecule has 2 rings (SSSR count). The Morgan fingerprint density at radius 2 is 1.95 bits per heavy atom. The molecule has 0 radical (unpaired) electrons. The van der Waals surface area contributed by atoms with E-state index in [4.69, 9.17) is 0 Å². The van der Waals surface area contributed by atoms with Crippen LogP contribution in [0.5, 0.6) is 0 Å². The first-order chi connectivity index (χ1) is 9.53. The van der Waals surface area contributed by atoms with E-state index in [0.717, 1.165) is 56.7 Å². The Labute approximate surface area is 122 Å². The van der Waals surface area contributed by atoms with Gasteiger partial charge in [-0.3, -0.25) is 0 Å². The molecule has 20 heavy (non-hydrogen) atoms. The molecule has 0 amide bonds. The second kappa shape index (κ2) is 6.57. The molecule has 0 atom stereocenters. The van der Waals surface area contributed by atoms with Crippen LogP contribution in [0.25, 0.3) is 0 Å². The first-order valence-corrected chi connectivity index (χ1v) is 7.76. The fourth-order valence-corrected chi connectivity index (χ4v) is 2.79. The van der Waals surface area contributed by atoms with Crippen molar-refractivity contribution >= 4 is 5.69 Å². The number of benzene rings is 1. The quantitative estimate of drug-likeness (QED) is 0.820. The van der Waals surface area contributed by atoms with E-state index in [1.807, 2.05) is 12.1 Å². The molecule has 1 aliphatic heterocycles. The predicted octanol–water partition coefficient (Wildman–Crippen LogP) is 3.95. The number of anilines is 1. The Bertz CT molecular complexity index is 433. The van der Waals surface area contributed by atoms with Crippen molar-refractivity contribution in [3.63, 3.8) is 0 Å². The van der Waals surface area contributed by atoms with E-state index in [-0.39, 0.29) is 5.82 Å². The van der Waals surface area contributed by atoms with Gasteiger partial charge in [-0.25, -0.2) is 4.39 Å². The largest absolute Gasteiger partial charge is 0.369 e. The zero-order valence-corrected chi connectivity index (χ0v) is 13.0. The van der Waals surface area contributed by atoms with E-state index >= 15 is 0 Å². The SMILES string of the molecule is CCCNCc1cccc(F)c1N1CCC(C)(C)CC1. The summed E-state index contributed by atoms with van der Waals surface area (Å²) in [5.74, 6) is -0.0829. The predicted molar refractivity (Wildman–Crippen MR) is 83.6 cm³/mol. The molecule has 0 unspecified atom stereocenters. The molecule has 0 bridgehead atoms. The molecule has 1 aliphatic rings. The number of para-hydroxylation sites is 1. The average Bonchev–Trinajstić information content (AvgIpc) is 2.40. The van der Waals surface area contributed by atoms with Gasteiger partial charge in [0.25, 0.3) is 0 Å². The van der Waals surface area contributed by atoms with E-state index < -0.39 is 0 Å². The van der Waals surface area contributed by atoms with Crippen LogP contribution in [0.15, 0.2) is 18.2 Å². The van der Waals surface area contributed by atoms with Gasteiger partial charge in [0.2, 0.25) is 0 Å². The molecule has 3 heteroatoms. The van der Waals surface area contributed by atoms with Crippen molar-refractivity contribution in [2.75, 3.05) is 24.5 Å². The summed E-state index contributed by atoms with van der Waals surface area (Å²) in [6.45, 7) is 10.4. The summed E-state index contributed by atoms with van der Waals surface area (Å²) >= 11 is 0. The lowest BCUT2D eigenvalue weighted by Crippen LogP contribution is -2.38. The second-order valence-corrected chi connectivity index (χ2v) is 6.58. The lowest BCUT2D eigenvalue weighted by molar-refractivity contribution is 0.278. The van der Waals surface area contributed by atoms with Gasteiger partial charge in [0.1, 0.15) is 5.82 Å². The highest BCUT2D eigenvalue weighted by molar-refractivity contribution is 5.55. The summed E-state index contributed by atoms with van der Waals surface area (Å²) in [7, 11) is 0. The van der Waals surface area contributed by atoms with Crippen LogP contribution in [0, 0.1) is 11.2 Å². The van der Waals surface area contributed by atoms with E-state index in [1.165, 1.54) is 0 Å². The highest BCUT2D eigenvalue weighted by Gasteiger charge is 2.27. The maximum atomic E-state index is 14.3. The Morgan fingerprint density at radius 1 is 1.25 bits per heavy atom. The minimum atomic E-state index is -0.0829. The summed E-state index contributed by atoms with van der Waals surface area (Å²) in [6.07, 6.45) is 3.36. The van der Waals surface area contributed by atoms with Gasteiger partial charge in [0, 0.05) is 19.6 Å². The molecule has 1 saturated heterocycles. The second-order valence-electron chi connectivity index (χ2n) is 6.58. The van der Waals surface area contributed by atoms with E-state index in [2.05, 4.69) is 31.0 Å². The molecule has 1 fully saturated rings. The zero-order chi connectivity index (χ0) is 14.6. The molecule has 1 heterocycles. The number of piperidine rings is 1. The van der Waals surface area contributed by atoms with Crippen molar-refractivity contribution in [2.24, 2.45) is 5.41 Å². The summed E-state index contributed by atoms with van der Waals surface area (Å²) in [4.78, 5) is 2.23. The lowest BCUT2D eigenvalue weighted by atomic mass is 9.82. The number of halogens is 1. The van der Waals surface area contributed by atoms with Crippen molar-refractivity contribution < 1.29 is 4.39 Å². The van der Waals surface area contributed by atoms with Crippen LogP contribution in [-0.2, 0) is 6.54 Å². The van der Waals surface area contributed by atoms with Crippen LogP contribution in [-0.4, -0.2) is 19.6 Å². The topological polar surface area (TPSA) is 15.3 Å². The van der Waals surface area contributed by atoms with Crippen LogP contribution in [0.1, 0.15) is 45.6 Å². The lowest BCUT2D eigenvalue weighted by Gasteiger charge is -2.39. The normalized spacial score (nSPS) is 18.3. The summed E-state index contributed by atoms with van der Waals surface area (Å²) in [6, 6.07) is 5.44. The van der Waals surface area contributed by atoms with Crippen LogP contribution in [0.2, 0.25) is 0 Å². The van der Waals surface area contributed by atoms with E-state index in [9.17, 15) is 4.39 Å². The van der Waals surface area contributed by atoms with Gasteiger partial charge in [-0.1, -0.05) is 32.9 Å². The molecule has 1 aromatic carbocycles. The van der Waals surface area contributed by atoms with Gasteiger partial charge >= 0.3 is 0 Å². The minimum absolute atomic E-state index is 0.0829. The van der Waals surface area contributed by atoms with Crippen molar-refractivity contribution in [3.05, 3.63) is 29.6 Å². The highest BCUT2D eigenvalue weighted by Crippen LogP contribution is 2.34. The fourth-order valence-electron chi connectivity index (χ4n) is 2.79. The first-order valence-electron chi connectivity index (χ1n) is 7.76. The van der Waals surface area contributed by atoms with Crippen molar-refractivity contribution in [2.45, 2.75) is 46.6 Å². The fraction of sp³-hybridized carbons (Fsp3) is 0.647. The molecule has 2 nitrogen and oxygen atoms in total. The van der Waals surface area contributed by atoms with Crippen molar-refractivity contribution in [3.8, 4) is 0 Å². The van der Waals surface area contributed by atoms with Gasteiger partial charge in [-0.15, -0.1) is 0 Å². The molecule has 0 aliphatic carbocycles. The number of nitrogens with zero attached hydrogens (tertiary/aromatic N) is 1. The van der Waals surface area contributed by atoms with Gasteiger partial charge in [0.05, 0.1) is 5.69 Å².